The van der Waals surface area contributed by atoms with Crippen LogP contribution in [0.4, 0.5) is 5.13 Å². The van der Waals surface area contributed by atoms with Crippen molar-refractivity contribution in [3.63, 3.8) is 0 Å². The van der Waals surface area contributed by atoms with Gasteiger partial charge in [0.15, 0.2) is 5.01 Å². The minimum Gasteiger partial charge on any atom is -0.374 e. The van der Waals surface area contributed by atoms with Gasteiger partial charge in [0, 0.05) is 6.54 Å². The Bertz CT molecular complexity index is 503. The Morgan fingerprint density at radius 3 is 2.53 bits per heavy atom. The molecular formula is C10H15N5S2. The zero-order valence-corrected chi connectivity index (χ0v) is 11.7. The van der Waals surface area contributed by atoms with Gasteiger partial charge in [-0.25, -0.2) is 4.98 Å². The van der Waals surface area contributed by atoms with Crippen LogP contribution in [0.1, 0.15) is 17.6 Å². The van der Waals surface area contributed by atoms with E-state index in [1.165, 1.54) is 11.3 Å². The highest BCUT2D eigenvalue weighted by molar-refractivity contribution is 7.23. The average molecular weight is 269 g/mol. The zero-order valence-electron chi connectivity index (χ0n) is 10.1. The number of hydrogen-bond donors (Lipinski definition) is 1. The molecule has 2 rings (SSSR count). The second-order valence-corrected chi connectivity index (χ2v) is 6.01. The van der Waals surface area contributed by atoms with E-state index in [2.05, 4.69) is 27.0 Å². The first-order chi connectivity index (χ1) is 8.10. The van der Waals surface area contributed by atoms with Crippen LogP contribution in [0, 0.1) is 0 Å². The van der Waals surface area contributed by atoms with Gasteiger partial charge in [-0.1, -0.05) is 18.3 Å². The first-order valence-corrected chi connectivity index (χ1v) is 6.96. The highest BCUT2D eigenvalue weighted by Gasteiger charge is 2.15. The van der Waals surface area contributed by atoms with E-state index >= 15 is 0 Å². The van der Waals surface area contributed by atoms with Gasteiger partial charge in [-0.05, 0) is 20.5 Å². The van der Waals surface area contributed by atoms with Gasteiger partial charge in [-0.2, -0.15) is 0 Å². The van der Waals surface area contributed by atoms with Crippen LogP contribution in [0.15, 0.2) is 0 Å². The second kappa shape index (κ2) is 5.07. The van der Waals surface area contributed by atoms with Crippen LogP contribution in [-0.2, 0) is 13.0 Å². The fraction of sp³-hybridized carbons (Fsp3) is 0.500. The lowest BCUT2D eigenvalue weighted by Crippen LogP contribution is -2.10. The zero-order chi connectivity index (χ0) is 12.4. The molecule has 0 radical (unpaired) electrons. The van der Waals surface area contributed by atoms with Gasteiger partial charge in [0.25, 0.3) is 0 Å². The van der Waals surface area contributed by atoms with E-state index < -0.39 is 0 Å². The third-order valence-electron chi connectivity index (χ3n) is 2.16. The third-order valence-corrected chi connectivity index (χ3v) is 4.15. The summed E-state index contributed by atoms with van der Waals surface area (Å²) in [6, 6.07) is 0. The minimum absolute atomic E-state index is 0.504. The second-order valence-electron chi connectivity index (χ2n) is 3.92. The van der Waals surface area contributed by atoms with Crippen molar-refractivity contribution in [2.75, 3.05) is 19.8 Å². The molecule has 0 atom stereocenters. The van der Waals surface area contributed by atoms with Crippen molar-refractivity contribution < 1.29 is 0 Å². The molecular weight excluding hydrogens is 254 g/mol. The number of thiazole rings is 1. The Morgan fingerprint density at radius 2 is 2.00 bits per heavy atom. The van der Waals surface area contributed by atoms with Crippen molar-refractivity contribution in [3.8, 4) is 9.88 Å². The SMILES string of the molecule is CCc1nc(CN(C)C)sc1-c1nnc(N)s1. The van der Waals surface area contributed by atoms with Crippen LogP contribution in [0.2, 0.25) is 0 Å². The summed E-state index contributed by atoms with van der Waals surface area (Å²) in [5, 5.41) is 10.4. The molecule has 92 valence electrons. The number of anilines is 1. The number of nitrogen functional groups attached to an aromatic ring is 1. The number of aromatic nitrogens is 3. The first-order valence-electron chi connectivity index (χ1n) is 5.32. The Hall–Kier alpha value is -1.05. The van der Waals surface area contributed by atoms with Crippen molar-refractivity contribution >= 4 is 27.8 Å². The number of rotatable bonds is 4. The van der Waals surface area contributed by atoms with Crippen LogP contribution in [0.5, 0.6) is 0 Å². The minimum atomic E-state index is 0.504. The highest BCUT2D eigenvalue weighted by Crippen LogP contribution is 2.33. The lowest BCUT2D eigenvalue weighted by atomic mass is 10.3. The van der Waals surface area contributed by atoms with Gasteiger partial charge < -0.3 is 10.6 Å². The lowest BCUT2D eigenvalue weighted by molar-refractivity contribution is 0.401. The summed E-state index contributed by atoms with van der Waals surface area (Å²) >= 11 is 3.09. The predicted octanol–water partition coefficient (Wildman–Crippen LogP) is 1.87. The summed E-state index contributed by atoms with van der Waals surface area (Å²) in [4.78, 5) is 7.85. The summed E-state index contributed by atoms with van der Waals surface area (Å²) in [5.41, 5.74) is 6.70. The Labute approximate surface area is 108 Å². The van der Waals surface area contributed by atoms with E-state index in [4.69, 9.17) is 5.73 Å². The summed E-state index contributed by atoms with van der Waals surface area (Å²) < 4.78 is 0. The standard InChI is InChI=1S/C10H15N5S2/c1-4-6-8(9-13-14-10(11)17-9)16-7(12-6)5-15(2)3/h4-5H2,1-3H3,(H2,11,14). The number of aryl methyl sites for hydroxylation is 1. The Kier molecular flexibility index (Phi) is 3.70. The van der Waals surface area contributed by atoms with Gasteiger partial charge >= 0.3 is 0 Å². The topological polar surface area (TPSA) is 67.9 Å². The molecule has 5 nitrogen and oxygen atoms in total. The maximum absolute atomic E-state index is 5.62. The highest BCUT2D eigenvalue weighted by atomic mass is 32.1. The van der Waals surface area contributed by atoms with Crippen molar-refractivity contribution in [2.45, 2.75) is 19.9 Å². The molecule has 2 aromatic heterocycles. The summed E-state index contributed by atoms with van der Waals surface area (Å²) in [5.74, 6) is 0. The number of nitrogens with two attached hydrogens (primary N) is 1. The van der Waals surface area contributed by atoms with Gasteiger partial charge in [0.1, 0.15) is 5.01 Å². The largest absolute Gasteiger partial charge is 0.374 e. The van der Waals surface area contributed by atoms with Crippen molar-refractivity contribution in [2.24, 2.45) is 0 Å². The molecule has 0 aliphatic rings. The van der Waals surface area contributed by atoms with Crippen LogP contribution < -0.4 is 5.73 Å². The van der Waals surface area contributed by atoms with E-state index in [9.17, 15) is 0 Å². The summed E-state index contributed by atoms with van der Waals surface area (Å²) in [6.07, 6.45) is 0.902. The van der Waals surface area contributed by atoms with E-state index in [-0.39, 0.29) is 0 Å². The Balaban J connectivity index is 2.35. The molecule has 0 bridgehead atoms. The lowest BCUT2D eigenvalue weighted by Gasteiger charge is -2.04. The molecule has 0 unspecified atom stereocenters. The maximum Gasteiger partial charge on any atom is 0.203 e. The molecule has 0 aromatic carbocycles. The molecule has 17 heavy (non-hydrogen) atoms. The fourth-order valence-corrected chi connectivity index (χ4v) is 3.44. The van der Waals surface area contributed by atoms with Crippen LogP contribution >= 0.6 is 22.7 Å². The first kappa shape index (κ1) is 12.4. The quantitative estimate of drug-likeness (QED) is 0.917. The maximum atomic E-state index is 5.62. The molecule has 0 aliphatic heterocycles. The number of nitrogens with zero attached hydrogens (tertiary/aromatic N) is 4. The fourth-order valence-electron chi connectivity index (χ4n) is 1.47. The Morgan fingerprint density at radius 1 is 1.24 bits per heavy atom. The van der Waals surface area contributed by atoms with Crippen molar-refractivity contribution in [1.29, 1.82) is 0 Å². The van der Waals surface area contributed by atoms with Crippen LogP contribution in [0.25, 0.3) is 9.88 Å². The van der Waals surface area contributed by atoms with Crippen LogP contribution in [0.3, 0.4) is 0 Å². The molecule has 0 aliphatic carbocycles. The predicted molar refractivity (Wildman–Crippen MR) is 72.2 cm³/mol. The molecule has 0 fully saturated rings. The summed E-state index contributed by atoms with van der Waals surface area (Å²) in [6.45, 7) is 2.95. The van der Waals surface area contributed by atoms with E-state index in [1.807, 2.05) is 14.1 Å². The molecule has 0 saturated heterocycles. The van der Waals surface area contributed by atoms with E-state index in [0.29, 0.717) is 5.13 Å². The number of hydrogen-bond acceptors (Lipinski definition) is 7. The monoisotopic (exact) mass is 269 g/mol. The summed E-state index contributed by atoms with van der Waals surface area (Å²) in [7, 11) is 4.07. The smallest absolute Gasteiger partial charge is 0.203 e. The van der Waals surface area contributed by atoms with E-state index in [1.54, 1.807) is 11.3 Å². The van der Waals surface area contributed by atoms with Crippen molar-refractivity contribution in [3.05, 3.63) is 10.7 Å². The normalized spacial score (nSPS) is 11.3. The van der Waals surface area contributed by atoms with E-state index in [0.717, 1.165) is 33.6 Å². The molecule has 2 aromatic rings. The molecule has 2 heterocycles. The molecule has 2 N–H and O–H groups in total. The van der Waals surface area contributed by atoms with Crippen LogP contribution in [-0.4, -0.2) is 34.2 Å². The molecule has 7 heteroatoms. The van der Waals surface area contributed by atoms with Crippen molar-refractivity contribution in [1.82, 2.24) is 20.1 Å². The third kappa shape index (κ3) is 2.80. The molecule has 0 spiro atoms. The van der Waals surface area contributed by atoms with Gasteiger partial charge in [0.05, 0.1) is 10.6 Å². The molecule has 0 amide bonds. The molecule has 0 saturated carbocycles. The average Bonchev–Trinajstić information content (AvgIpc) is 2.83. The van der Waals surface area contributed by atoms with Gasteiger partial charge in [-0.3, -0.25) is 0 Å². The van der Waals surface area contributed by atoms with Gasteiger partial charge in [-0.15, -0.1) is 21.5 Å². The van der Waals surface area contributed by atoms with Gasteiger partial charge in [0.2, 0.25) is 5.13 Å².